The highest BCUT2D eigenvalue weighted by Crippen LogP contribution is 2.27. The van der Waals surface area contributed by atoms with Gasteiger partial charge >= 0.3 is 0 Å². The maximum atomic E-state index is 5.66. The van der Waals surface area contributed by atoms with Crippen LogP contribution in [0.2, 0.25) is 0 Å². The van der Waals surface area contributed by atoms with Crippen LogP contribution in [0.4, 0.5) is 5.69 Å². The van der Waals surface area contributed by atoms with Gasteiger partial charge in [-0.15, -0.1) is 0 Å². The molecule has 0 spiro atoms. The third-order valence-corrected chi connectivity index (χ3v) is 4.69. The topological polar surface area (TPSA) is 35.2 Å². The highest BCUT2D eigenvalue weighted by atomic mass is 32.2. The van der Waals surface area contributed by atoms with Crippen LogP contribution < -0.4 is 10.5 Å². The van der Waals surface area contributed by atoms with E-state index in [0.29, 0.717) is 0 Å². The van der Waals surface area contributed by atoms with E-state index >= 15 is 0 Å². The van der Waals surface area contributed by atoms with Crippen molar-refractivity contribution in [2.75, 3.05) is 23.8 Å². The normalized spacial score (nSPS) is 16.0. The average molecular weight is 265 g/mol. The molecule has 18 heavy (non-hydrogen) atoms. The molecule has 1 fully saturated rings. The van der Waals surface area contributed by atoms with Crippen LogP contribution in [-0.4, -0.2) is 18.1 Å². The Morgan fingerprint density at radius 3 is 2.61 bits per heavy atom. The van der Waals surface area contributed by atoms with Gasteiger partial charge in [0.1, 0.15) is 5.75 Å². The minimum atomic E-state index is 0.787. The Hall–Kier alpha value is -0.830. The second kappa shape index (κ2) is 7.57. The zero-order chi connectivity index (χ0) is 12.6. The molecule has 0 heterocycles. The van der Waals surface area contributed by atoms with Gasteiger partial charge in [-0.2, -0.15) is 11.8 Å². The highest BCUT2D eigenvalue weighted by Gasteiger charge is 2.14. The molecule has 2 rings (SSSR count). The quantitative estimate of drug-likeness (QED) is 0.598. The molecule has 0 aliphatic heterocycles. The summed E-state index contributed by atoms with van der Waals surface area (Å²) in [6.07, 6.45) is 6.93. The zero-order valence-electron chi connectivity index (χ0n) is 10.9. The molecule has 3 heteroatoms. The largest absolute Gasteiger partial charge is 0.494 e. The lowest BCUT2D eigenvalue weighted by Gasteiger charge is -2.09. The zero-order valence-corrected chi connectivity index (χ0v) is 11.8. The summed E-state index contributed by atoms with van der Waals surface area (Å²) in [6, 6.07) is 7.62. The predicted molar refractivity (Wildman–Crippen MR) is 80.2 cm³/mol. The number of anilines is 1. The van der Waals surface area contributed by atoms with Gasteiger partial charge in [0.25, 0.3) is 0 Å². The van der Waals surface area contributed by atoms with E-state index in [1.54, 1.807) is 0 Å². The van der Waals surface area contributed by atoms with Crippen molar-refractivity contribution in [1.29, 1.82) is 0 Å². The first-order valence-corrected chi connectivity index (χ1v) is 8.06. The molecular formula is C15H23NOS. The molecule has 0 atom stereocenters. The number of benzene rings is 1. The fourth-order valence-electron chi connectivity index (χ4n) is 2.34. The Morgan fingerprint density at radius 2 is 1.89 bits per heavy atom. The first kappa shape index (κ1) is 13.6. The van der Waals surface area contributed by atoms with Gasteiger partial charge in [-0.1, -0.05) is 12.8 Å². The first-order chi connectivity index (χ1) is 8.84. The SMILES string of the molecule is Nc1ccc(OCCCSCC2CCCC2)cc1. The molecule has 0 amide bonds. The number of rotatable bonds is 7. The van der Waals surface area contributed by atoms with Crippen molar-refractivity contribution in [3.63, 3.8) is 0 Å². The summed E-state index contributed by atoms with van der Waals surface area (Å²) in [7, 11) is 0. The van der Waals surface area contributed by atoms with Gasteiger partial charge in [0, 0.05) is 5.69 Å². The van der Waals surface area contributed by atoms with Gasteiger partial charge in [0.05, 0.1) is 6.61 Å². The molecule has 0 unspecified atom stereocenters. The third-order valence-electron chi connectivity index (χ3n) is 3.41. The minimum absolute atomic E-state index is 0.787. The number of hydrogen-bond donors (Lipinski definition) is 1. The number of nitrogen functional groups attached to an aromatic ring is 1. The van der Waals surface area contributed by atoms with Gasteiger partial charge in [0.15, 0.2) is 0 Å². The molecule has 0 aromatic heterocycles. The third kappa shape index (κ3) is 4.81. The molecule has 0 saturated heterocycles. The van der Waals surface area contributed by atoms with E-state index in [1.807, 2.05) is 24.3 Å². The van der Waals surface area contributed by atoms with E-state index in [9.17, 15) is 0 Å². The van der Waals surface area contributed by atoms with E-state index < -0.39 is 0 Å². The number of ether oxygens (including phenoxy) is 1. The Morgan fingerprint density at radius 1 is 1.17 bits per heavy atom. The molecule has 1 aromatic rings. The maximum absolute atomic E-state index is 5.66. The summed E-state index contributed by atoms with van der Waals surface area (Å²) in [6.45, 7) is 0.807. The molecule has 1 aliphatic rings. The highest BCUT2D eigenvalue weighted by molar-refractivity contribution is 7.99. The van der Waals surface area contributed by atoms with E-state index in [4.69, 9.17) is 10.5 Å². The van der Waals surface area contributed by atoms with Crippen LogP contribution in [-0.2, 0) is 0 Å². The second-order valence-electron chi connectivity index (χ2n) is 5.00. The maximum Gasteiger partial charge on any atom is 0.119 e. The molecular weight excluding hydrogens is 242 g/mol. The monoisotopic (exact) mass is 265 g/mol. The van der Waals surface area contributed by atoms with Gasteiger partial charge in [-0.25, -0.2) is 0 Å². The van der Waals surface area contributed by atoms with Crippen LogP contribution in [0.15, 0.2) is 24.3 Å². The lowest BCUT2D eigenvalue weighted by Crippen LogP contribution is -2.01. The van der Waals surface area contributed by atoms with Gasteiger partial charge in [-0.05, 0) is 61.0 Å². The van der Waals surface area contributed by atoms with Crippen molar-refractivity contribution in [3.8, 4) is 5.75 Å². The van der Waals surface area contributed by atoms with E-state index in [0.717, 1.165) is 30.4 Å². The van der Waals surface area contributed by atoms with Crippen molar-refractivity contribution in [3.05, 3.63) is 24.3 Å². The fraction of sp³-hybridized carbons (Fsp3) is 0.600. The van der Waals surface area contributed by atoms with Crippen molar-refractivity contribution in [2.45, 2.75) is 32.1 Å². The van der Waals surface area contributed by atoms with Gasteiger partial charge in [0.2, 0.25) is 0 Å². The van der Waals surface area contributed by atoms with E-state index in [1.165, 1.54) is 37.2 Å². The molecule has 0 radical (unpaired) electrons. The van der Waals surface area contributed by atoms with Gasteiger partial charge < -0.3 is 10.5 Å². The van der Waals surface area contributed by atoms with Crippen molar-refractivity contribution in [2.24, 2.45) is 5.92 Å². The molecule has 1 aromatic carbocycles. The summed E-state index contributed by atoms with van der Waals surface area (Å²) in [5, 5.41) is 0. The van der Waals surface area contributed by atoms with Crippen LogP contribution in [0.25, 0.3) is 0 Å². The predicted octanol–water partition coefficient (Wildman–Crippen LogP) is 3.96. The molecule has 2 N–H and O–H groups in total. The number of thioether (sulfide) groups is 1. The lowest BCUT2D eigenvalue weighted by atomic mass is 10.1. The molecule has 2 nitrogen and oxygen atoms in total. The summed E-state index contributed by atoms with van der Waals surface area (Å²) >= 11 is 2.09. The number of hydrogen-bond acceptors (Lipinski definition) is 3. The molecule has 0 bridgehead atoms. The van der Waals surface area contributed by atoms with Crippen LogP contribution >= 0.6 is 11.8 Å². The van der Waals surface area contributed by atoms with Crippen molar-refractivity contribution in [1.82, 2.24) is 0 Å². The Labute approximate surface area is 114 Å². The van der Waals surface area contributed by atoms with Crippen LogP contribution in [0, 0.1) is 5.92 Å². The number of nitrogens with two attached hydrogens (primary N) is 1. The fourth-order valence-corrected chi connectivity index (χ4v) is 3.50. The van der Waals surface area contributed by atoms with Crippen LogP contribution in [0.5, 0.6) is 5.75 Å². The summed E-state index contributed by atoms with van der Waals surface area (Å²) in [5.41, 5.74) is 6.41. The molecule has 100 valence electrons. The van der Waals surface area contributed by atoms with Crippen LogP contribution in [0.1, 0.15) is 32.1 Å². The Bertz CT molecular complexity index is 333. The lowest BCUT2D eigenvalue weighted by molar-refractivity contribution is 0.319. The van der Waals surface area contributed by atoms with Crippen LogP contribution in [0.3, 0.4) is 0 Å². The van der Waals surface area contributed by atoms with Crippen molar-refractivity contribution < 1.29 is 4.74 Å². The second-order valence-corrected chi connectivity index (χ2v) is 6.15. The minimum Gasteiger partial charge on any atom is -0.494 e. The van der Waals surface area contributed by atoms with Crippen molar-refractivity contribution >= 4 is 17.4 Å². The van der Waals surface area contributed by atoms with E-state index in [-0.39, 0.29) is 0 Å². The van der Waals surface area contributed by atoms with Gasteiger partial charge in [-0.3, -0.25) is 0 Å². The summed E-state index contributed by atoms with van der Waals surface area (Å²) in [5.74, 6) is 4.48. The standard InChI is InChI=1S/C15H23NOS/c16-14-6-8-15(9-7-14)17-10-3-11-18-12-13-4-1-2-5-13/h6-9,13H,1-5,10-12,16H2. The van der Waals surface area contributed by atoms with E-state index in [2.05, 4.69) is 11.8 Å². The Kier molecular flexibility index (Phi) is 5.72. The Balaban J connectivity index is 1.49. The molecule has 1 aliphatic carbocycles. The first-order valence-electron chi connectivity index (χ1n) is 6.90. The molecule has 1 saturated carbocycles. The summed E-state index contributed by atoms with van der Waals surface area (Å²) in [4.78, 5) is 0. The average Bonchev–Trinajstić information content (AvgIpc) is 2.89. The smallest absolute Gasteiger partial charge is 0.119 e. The summed E-state index contributed by atoms with van der Waals surface area (Å²) < 4.78 is 5.66.